The summed E-state index contributed by atoms with van der Waals surface area (Å²) in [6.45, 7) is 9.28. The Balaban J connectivity index is 1.58. The zero-order valence-electron chi connectivity index (χ0n) is 18.2. The number of hydrogen-bond acceptors (Lipinski definition) is 5. The smallest absolute Gasteiger partial charge is 0.287 e. The van der Waals surface area contributed by atoms with Gasteiger partial charge in [0.1, 0.15) is 5.58 Å². The maximum atomic E-state index is 12.9. The van der Waals surface area contributed by atoms with E-state index in [0.717, 1.165) is 29.8 Å². The first-order valence-corrected chi connectivity index (χ1v) is 10.6. The van der Waals surface area contributed by atoms with Crippen LogP contribution in [-0.2, 0) is 4.74 Å². The highest BCUT2D eigenvalue weighted by molar-refractivity contribution is 5.93. The lowest BCUT2D eigenvalue weighted by molar-refractivity contribution is 0.0161. The van der Waals surface area contributed by atoms with E-state index in [2.05, 4.69) is 41.4 Å². The van der Waals surface area contributed by atoms with Crippen molar-refractivity contribution in [1.29, 1.82) is 0 Å². The Morgan fingerprint density at radius 3 is 2.48 bits per heavy atom. The van der Waals surface area contributed by atoms with E-state index in [4.69, 9.17) is 9.15 Å². The van der Waals surface area contributed by atoms with Crippen LogP contribution in [0.2, 0.25) is 0 Å². The zero-order valence-corrected chi connectivity index (χ0v) is 18.2. The van der Waals surface area contributed by atoms with E-state index in [1.807, 2.05) is 19.9 Å². The number of amides is 1. The van der Waals surface area contributed by atoms with Gasteiger partial charge >= 0.3 is 0 Å². The number of morpholine rings is 1. The van der Waals surface area contributed by atoms with E-state index >= 15 is 0 Å². The molecule has 6 nitrogen and oxygen atoms in total. The minimum atomic E-state index is -0.384. The molecule has 6 heteroatoms. The number of fused-ring (bicyclic) bond motifs is 1. The molecule has 1 saturated heterocycles. The summed E-state index contributed by atoms with van der Waals surface area (Å²) in [7, 11) is 0. The molecule has 1 unspecified atom stereocenters. The van der Waals surface area contributed by atoms with Crippen LogP contribution in [0.4, 0.5) is 0 Å². The number of carbonyl (C=O) groups excluding carboxylic acids is 1. The highest BCUT2D eigenvalue weighted by Crippen LogP contribution is 2.23. The molecule has 1 fully saturated rings. The van der Waals surface area contributed by atoms with Gasteiger partial charge < -0.3 is 14.5 Å². The summed E-state index contributed by atoms with van der Waals surface area (Å²) < 4.78 is 11.4. The van der Waals surface area contributed by atoms with Crippen molar-refractivity contribution in [2.24, 2.45) is 0 Å². The largest absolute Gasteiger partial charge is 0.450 e. The van der Waals surface area contributed by atoms with Gasteiger partial charge in [-0.1, -0.05) is 35.9 Å². The van der Waals surface area contributed by atoms with Crippen molar-refractivity contribution in [2.75, 3.05) is 32.8 Å². The summed E-state index contributed by atoms with van der Waals surface area (Å²) in [6, 6.07) is 13.3. The van der Waals surface area contributed by atoms with E-state index in [9.17, 15) is 9.59 Å². The molecule has 0 saturated carbocycles. The molecule has 1 N–H and O–H groups in total. The van der Waals surface area contributed by atoms with Crippen molar-refractivity contribution in [1.82, 2.24) is 10.2 Å². The topological polar surface area (TPSA) is 71.8 Å². The van der Waals surface area contributed by atoms with Gasteiger partial charge in [-0.3, -0.25) is 14.5 Å². The number of hydrogen-bond donors (Lipinski definition) is 1. The van der Waals surface area contributed by atoms with E-state index in [1.165, 1.54) is 11.6 Å². The molecule has 1 atom stereocenters. The van der Waals surface area contributed by atoms with Crippen LogP contribution in [0.3, 0.4) is 0 Å². The zero-order chi connectivity index (χ0) is 22.0. The van der Waals surface area contributed by atoms with Crippen LogP contribution >= 0.6 is 0 Å². The fraction of sp³-hybridized carbons (Fsp3) is 0.360. The summed E-state index contributed by atoms with van der Waals surface area (Å²) in [4.78, 5) is 27.8. The van der Waals surface area contributed by atoms with Crippen LogP contribution in [0, 0.1) is 20.8 Å². The molecule has 2 aromatic carbocycles. The molecular weight excluding hydrogens is 392 g/mol. The van der Waals surface area contributed by atoms with Gasteiger partial charge in [-0.25, -0.2) is 0 Å². The van der Waals surface area contributed by atoms with Crippen molar-refractivity contribution in [3.8, 4) is 0 Å². The molecule has 162 valence electrons. The monoisotopic (exact) mass is 420 g/mol. The van der Waals surface area contributed by atoms with Crippen molar-refractivity contribution < 1.29 is 13.9 Å². The highest BCUT2D eigenvalue weighted by atomic mass is 16.5. The lowest BCUT2D eigenvalue weighted by Crippen LogP contribution is -2.43. The molecule has 4 rings (SSSR count). The first-order valence-electron chi connectivity index (χ1n) is 10.6. The maximum absolute atomic E-state index is 12.9. The van der Waals surface area contributed by atoms with Crippen LogP contribution < -0.4 is 10.7 Å². The maximum Gasteiger partial charge on any atom is 0.287 e. The molecule has 1 aliphatic rings. The predicted octanol–water partition coefficient (Wildman–Crippen LogP) is 3.52. The molecule has 31 heavy (non-hydrogen) atoms. The van der Waals surface area contributed by atoms with Crippen molar-refractivity contribution in [3.05, 3.63) is 80.7 Å². The Bertz CT molecular complexity index is 1140. The quantitative estimate of drug-likeness (QED) is 0.684. The highest BCUT2D eigenvalue weighted by Gasteiger charge is 2.24. The van der Waals surface area contributed by atoms with Crippen molar-refractivity contribution in [2.45, 2.75) is 26.8 Å². The molecule has 3 aromatic rings. The Kier molecular flexibility index (Phi) is 6.20. The summed E-state index contributed by atoms with van der Waals surface area (Å²) in [5, 5.41) is 3.47. The second kappa shape index (κ2) is 9.04. The summed E-state index contributed by atoms with van der Waals surface area (Å²) in [5.74, 6) is -0.346. The van der Waals surface area contributed by atoms with Crippen LogP contribution in [0.5, 0.6) is 0 Å². The molecule has 0 spiro atoms. The Labute approximate surface area is 181 Å². The molecule has 0 radical (unpaired) electrons. The van der Waals surface area contributed by atoms with Crippen LogP contribution in [0.1, 0.15) is 38.9 Å². The average molecular weight is 421 g/mol. The number of aryl methyl sites for hydroxylation is 3. The lowest BCUT2D eigenvalue weighted by Gasteiger charge is -2.35. The third-order valence-corrected chi connectivity index (χ3v) is 6.04. The molecule has 1 aromatic heterocycles. The first kappa shape index (κ1) is 21.3. The van der Waals surface area contributed by atoms with Gasteiger partial charge in [-0.2, -0.15) is 0 Å². The normalized spacial score (nSPS) is 15.7. The number of ether oxygens (including phenoxy) is 1. The number of nitrogens with zero attached hydrogens (tertiary/aromatic N) is 1. The molecule has 2 heterocycles. The minimum absolute atomic E-state index is 0.0182. The molecular formula is C25H28N2O4. The standard InChI is InChI=1S/C25H28N2O4/c1-16-4-7-19(8-5-16)21(27-10-12-30-13-11-27)15-26-25(29)23-14-22(28)20-9-6-17(2)18(3)24(20)31-23/h4-9,14,21H,10-13,15H2,1-3H3,(H,26,29). The summed E-state index contributed by atoms with van der Waals surface area (Å²) >= 11 is 0. The minimum Gasteiger partial charge on any atom is -0.450 e. The third-order valence-electron chi connectivity index (χ3n) is 6.04. The Hall–Kier alpha value is -2.96. The van der Waals surface area contributed by atoms with Crippen molar-refractivity contribution in [3.63, 3.8) is 0 Å². The molecule has 0 bridgehead atoms. The van der Waals surface area contributed by atoms with Gasteiger partial charge in [0, 0.05) is 25.7 Å². The van der Waals surface area contributed by atoms with Gasteiger partial charge in [0.15, 0.2) is 11.2 Å². The number of nitrogens with one attached hydrogen (secondary N) is 1. The van der Waals surface area contributed by atoms with E-state index in [1.54, 1.807) is 6.07 Å². The first-order chi connectivity index (χ1) is 14.9. The Morgan fingerprint density at radius 1 is 1.06 bits per heavy atom. The van der Waals surface area contributed by atoms with Gasteiger partial charge in [-0.05, 0) is 43.5 Å². The van der Waals surface area contributed by atoms with E-state index < -0.39 is 0 Å². The van der Waals surface area contributed by atoms with E-state index in [0.29, 0.717) is 30.7 Å². The van der Waals surface area contributed by atoms with Gasteiger partial charge in [-0.15, -0.1) is 0 Å². The lowest BCUT2D eigenvalue weighted by atomic mass is 10.0. The molecule has 0 aliphatic carbocycles. The summed E-state index contributed by atoms with van der Waals surface area (Å²) in [5.41, 5.74) is 4.48. The predicted molar refractivity (Wildman–Crippen MR) is 121 cm³/mol. The van der Waals surface area contributed by atoms with Crippen LogP contribution in [0.15, 0.2) is 51.7 Å². The van der Waals surface area contributed by atoms with Crippen LogP contribution in [-0.4, -0.2) is 43.7 Å². The average Bonchev–Trinajstić information content (AvgIpc) is 2.78. The number of rotatable bonds is 5. The molecule has 1 aliphatic heterocycles. The summed E-state index contributed by atoms with van der Waals surface area (Å²) in [6.07, 6.45) is 0. The second-order valence-electron chi connectivity index (χ2n) is 8.14. The fourth-order valence-corrected chi connectivity index (χ4v) is 3.98. The van der Waals surface area contributed by atoms with E-state index in [-0.39, 0.29) is 23.1 Å². The van der Waals surface area contributed by atoms with Gasteiger partial charge in [0.2, 0.25) is 0 Å². The molecule has 1 amide bonds. The number of benzene rings is 2. The van der Waals surface area contributed by atoms with Gasteiger partial charge in [0.05, 0.1) is 24.6 Å². The SMILES string of the molecule is Cc1ccc(C(CNC(=O)c2cc(=O)c3ccc(C)c(C)c3o2)N2CCOCC2)cc1. The van der Waals surface area contributed by atoms with Crippen molar-refractivity contribution >= 4 is 16.9 Å². The number of carbonyl (C=O) groups is 1. The second-order valence-corrected chi connectivity index (χ2v) is 8.14. The Morgan fingerprint density at radius 2 is 1.77 bits per heavy atom. The fourth-order valence-electron chi connectivity index (χ4n) is 3.98. The van der Waals surface area contributed by atoms with Gasteiger partial charge in [0.25, 0.3) is 5.91 Å². The van der Waals surface area contributed by atoms with Crippen LogP contribution in [0.25, 0.3) is 11.0 Å². The third kappa shape index (κ3) is 4.55.